The SMILES string of the molecule is Cc1cc(C(=O)C2CCCC2C(=O)O)ccc1F. The van der Waals surface area contributed by atoms with Crippen LogP contribution in [-0.4, -0.2) is 16.9 Å². The van der Waals surface area contributed by atoms with Crippen molar-refractivity contribution < 1.29 is 19.1 Å². The minimum Gasteiger partial charge on any atom is -0.481 e. The number of carbonyl (C=O) groups is 2. The number of carbonyl (C=O) groups excluding carboxylic acids is 1. The zero-order valence-electron chi connectivity index (χ0n) is 10.1. The molecule has 0 bridgehead atoms. The summed E-state index contributed by atoms with van der Waals surface area (Å²) in [6, 6.07) is 4.18. The number of hydrogen-bond acceptors (Lipinski definition) is 2. The lowest BCUT2D eigenvalue weighted by molar-refractivity contribution is -0.142. The summed E-state index contributed by atoms with van der Waals surface area (Å²) in [7, 11) is 0. The van der Waals surface area contributed by atoms with E-state index >= 15 is 0 Å². The Labute approximate surface area is 105 Å². The first-order valence-corrected chi connectivity index (χ1v) is 6.04. The fourth-order valence-electron chi connectivity index (χ4n) is 2.58. The van der Waals surface area contributed by atoms with E-state index in [0.29, 0.717) is 24.0 Å². The molecule has 4 heteroatoms. The van der Waals surface area contributed by atoms with Crippen molar-refractivity contribution in [3.63, 3.8) is 0 Å². The third kappa shape index (κ3) is 2.28. The van der Waals surface area contributed by atoms with E-state index in [1.165, 1.54) is 18.2 Å². The van der Waals surface area contributed by atoms with Crippen LogP contribution >= 0.6 is 0 Å². The zero-order valence-corrected chi connectivity index (χ0v) is 10.1. The van der Waals surface area contributed by atoms with Crippen molar-refractivity contribution in [1.29, 1.82) is 0 Å². The number of halogens is 1. The number of benzene rings is 1. The van der Waals surface area contributed by atoms with Crippen molar-refractivity contribution >= 4 is 11.8 Å². The predicted octanol–water partition coefficient (Wildman–Crippen LogP) is 2.82. The molecule has 0 amide bonds. The lowest BCUT2D eigenvalue weighted by atomic mass is 9.88. The molecule has 0 aromatic heterocycles. The third-order valence-electron chi connectivity index (χ3n) is 3.61. The molecule has 0 heterocycles. The lowest BCUT2D eigenvalue weighted by Crippen LogP contribution is -2.25. The van der Waals surface area contributed by atoms with Gasteiger partial charge in [-0.15, -0.1) is 0 Å². The Bertz CT molecular complexity index is 496. The van der Waals surface area contributed by atoms with Gasteiger partial charge in [-0.05, 0) is 43.5 Å². The molecule has 1 aliphatic rings. The molecule has 1 saturated carbocycles. The van der Waals surface area contributed by atoms with Gasteiger partial charge in [0.25, 0.3) is 0 Å². The fourth-order valence-corrected chi connectivity index (χ4v) is 2.58. The monoisotopic (exact) mass is 250 g/mol. The van der Waals surface area contributed by atoms with Gasteiger partial charge in [0.15, 0.2) is 5.78 Å². The van der Waals surface area contributed by atoms with Crippen molar-refractivity contribution in [3.8, 4) is 0 Å². The molecule has 1 aliphatic carbocycles. The van der Waals surface area contributed by atoms with Crippen LogP contribution in [0.2, 0.25) is 0 Å². The summed E-state index contributed by atoms with van der Waals surface area (Å²) in [6.07, 6.45) is 1.91. The maximum atomic E-state index is 13.1. The Hall–Kier alpha value is -1.71. The van der Waals surface area contributed by atoms with E-state index in [9.17, 15) is 14.0 Å². The van der Waals surface area contributed by atoms with Crippen LogP contribution in [0.15, 0.2) is 18.2 Å². The number of rotatable bonds is 3. The largest absolute Gasteiger partial charge is 0.481 e. The smallest absolute Gasteiger partial charge is 0.307 e. The standard InChI is InChI=1S/C14H15FO3/c1-8-7-9(5-6-12(8)15)13(16)10-3-2-4-11(10)14(17)18/h5-7,10-11H,2-4H2,1H3,(H,17,18). The van der Waals surface area contributed by atoms with Crippen molar-refractivity contribution in [1.82, 2.24) is 0 Å². The number of carboxylic acids is 1. The molecule has 2 rings (SSSR count). The number of carboxylic acid groups (broad SMARTS) is 1. The fraction of sp³-hybridized carbons (Fsp3) is 0.429. The van der Waals surface area contributed by atoms with Crippen molar-refractivity contribution in [2.45, 2.75) is 26.2 Å². The van der Waals surface area contributed by atoms with Gasteiger partial charge in [0.05, 0.1) is 5.92 Å². The number of ketones is 1. The molecule has 1 N–H and O–H groups in total. The first-order valence-electron chi connectivity index (χ1n) is 6.04. The van der Waals surface area contributed by atoms with Crippen LogP contribution in [0.3, 0.4) is 0 Å². The van der Waals surface area contributed by atoms with Gasteiger partial charge < -0.3 is 5.11 Å². The average Bonchev–Trinajstić information content (AvgIpc) is 2.81. The highest BCUT2D eigenvalue weighted by atomic mass is 19.1. The first-order chi connectivity index (χ1) is 8.50. The minimum absolute atomic E-state index is 0.178. The van der Waals surface area contributed by atoms with Gasteiger partial charge in [0.2, 0.25) is 0 Å². The molecule has 2 atom stereocenters. The van der Waals surface area contributed by atoms with Crippen molar-refractivity contribution in [2.24, 2.45) is 11.8 Å². The van der Waals surface area contributed by atoms with Gasteiger partial charge in [0.1, 0.15) is 5.82 Å². The molecule has 0 radical (unpaired) electrons. The molecule has 0 aliphatic heterocycles. The Morgan fingerprint density at radius 2 is 1.94 bits per heavy atom. The second-order valence-electron chi connectivity index (χ2n) is 4.81. The van der Waals surface area contributed by atoms with Gasteiger partial charge in [-0.2, -0.15) is 0 Å². The van der Waals surface area contributed by atoms with E-state index in [0.717, 1.165) is 6.42 Å². The second-order valence-corrected chi connectivity index (χ2v) is 4.81. The Kier molecular flexibility index (Phi) is 3.45. The van der Waals surface area contributed by atoms with Gasteiger partial charge in [-0.3, -0.25) is 9.59 Å². The van der Waals surface area contributed by atoms with Gasteiger partial charge in [-0.1, -0.05) is 6.42 Å². The molecule has 1 aromatic rings. The first kappa shape index (κ1) is 12.7. The van der Waals surface area contributed by atoms with E-state index in [4.69, 9.17) is 5.11 Å². The van der Waals surface area contributed by atoms with Gasteiger partial charge >= 0.3 is 5.97 Å². The maximum absolute atomic E-state index is 13.1. The van der Waals surface area contributed by atoms with Crippen LogP contribution in [0.4, 0.5) is 4.39 Å². The molecule has 2 unspecified atom stereocenters. The number of aryl methyl sites for hydroxylation is 1. The normalized spacial score (nSPS) is 23.0. The van der Waals surface area contributed by atoms with Crippen LogP contribution < -0.4 is 0 Å². The van der Waals surface area contributed by atoms with Gasteiger partial charge in [-0.25, -0.2) is 4.39 Å². The molecule has 1 aromatic carbocycles. The summed E-state index contributed by atoms with van der Waals surface area (Å²) in [5.41, 5.74) is 0.817. The number of hydrogen-bond donors (Lipinski definition) is 1. The summed E-state index contributed by atoms with van der Waals surface area (Å²) in [6.45, 7) is 1.59. The van der Waals surface area contributed by atoms with Gasteiger partial charge in [0, 0.05) is 11.5 Å². The molecular formula is C14H15FO3. The highest BCUT2D eigenvalue weighted by Crippen LogP contribution is 2.34. The molecule has 1 fully saturated rings. The number of Topliss-reactive ketones (excluding diaryl/α,β-unsaturated/α-hetero) is 1. The lowest BCUT2D eigenvalue weighted by Gasteiger charge is -2.14. The maximum Gasteiger partial charge on any atom is 0.307 e. The topological polar surface area (TPSA) is 54.4 Å². The van der Waals surface area contributed by atoms with E-state index in [-0.39, 0.29) is 11.6 Å². The molecular weight excluding hydrogens is 235 g/mol. The second kappa shape index (κ2) is 4.88. The van der Waals surface area contributed by atoms with Crippen LogP contribution in [0.1, 0.15) is 35.2 Å². The predicted molar refractivity (Wildman–Crippen MR) is 63.9 cm³/mol. The average molecular weight is 250 g/mol. The summed E-state index contributed by atoms with van der Waals surface area (Å²) >= 11 is 0. The Balaban J connectivity index is 2.25. The van der Waals surface area contributed by atoms with Crippen LogP contribution in [0.5, 0.6) is 0 Å². The quantitative estimate of drug-likeness (QED) is 0.839. The third-order valence-corrected chi connectivity index (χ3v) is 3.61. The van der Waals surface area contributed by atoms with E-state index in [1.54, 1.807) is 6.92 Å². The number of aliphatic carboxylic acids is 1. The van der Waals surface area contributed by atoms with Crippen molar-refractivity contribution in [2.75, 3.05) is 0 Å². The Morgan fingerprint density at radius 3 is 2.56 bits per heavy atom. The molecule has 0 spiro atoms. The van der Waals surface area contributed by atoms with Crippen LogP contribution in [-0.2, 0) is 4.79 Å². The summed E-state index contributed by atoms with van der Waals surface area (Å²) in [5, 5.41) is 9.07. The summed E-state index contributed by atoms with van der Waals surface area (Å²) < 4.78 is 13.1. The summed E-state index contributed by atoms with van der Waals surface area (Å²) in [5.74, 6) is -2.50. The summed E-state index contributed by atoms with van der Waals surface area (Å²) in [4.78, 5) is 23.3. The Morgan fingerprint density at radius 1 is 1.28 bits per heavy atom. The van der Waals surface area contributed by atoms with E-state index in [1.807, 2.05) is 0 Å². The van der Waals surface area contributed by atoms with Crippen molar-refractivity contribution in [3.05, 3.63) is 35.1 Å². The van der Waals surface area contributed by atoms with Crippen LogP contribution in [0.25, 0.3) is 0 Å². The zero-order chi connectivity index (χ0) is 13.3. The molecule has 3 nitrogen and oxygen atoms in total. The molecule has 0 saturated heterocycles. The van der Waals surface area contributed by atoms with Crippen LogP contribution in [0, 0.1) is 24.6 Å². The minimum atomic E-state index is -0.912. The van der Waals surface area contributed by atoms with E-state index < -0.39 is 17.8 Å². The van der Waals surface area contributed by atoms with E-state index in [2.05, 4.69) is 0 Å². The highest BCUT2D eigenvalue weighted by Gasteiger charge is 2.37. The highest BCUT2D eigenvalue weighted by molar-refractivity contribution is 6.00. The molecule has 96 valence electrons. The molecule has 18 heavy (non-hydrogen) atoms.